The van der Waals surface area contributed by atoms with E-state index in [0.717, 1.165) is 42.0 Å². The number of imidazole rings is 1. The highest BCUT2D eigenvalue weighted by Crippen LogP contribution is 2.19. The van der Waals surface area contributed by atoms with E-state index in [9.17, 15) is 4.79 Å². The van der Waals surface area contributed by atoms with Crippen LogP contribution in [0.2, 0.25) is 0 Å². The van der Waals surface area contributed by atoms with Gasteiger partial charge in [0.15, 0.2) is 0 Å². The van der Waals surface area contributed by atoms with E-state index in [1.807, 2.05) is 32.0 Å². The van der Waals surface area contributed by atoms with Crippen molar-refractivity contribution in [1.82, 2.24) is 14.9 Å². The number of nitrogens with one attached hydrogen (secondary N) is 1. The van der Waals surface area contributed by atoms with Crippen LogP contribution >= 0.6 is 0 Å². The molecule has 1 N–H and O–H groups in total. The topological polar surface area (TPSA) is 56.1 Å². The lowest BCUT2D eigenvalue weighted by Crippen LogP contribution is -2.28. The summed E-state index contributed by atoms with van der Waals surface area (Å²) >= 11 is 0. The van der Waals surface area contributed by atoms with Crippen molar-refractivity contribution in [1.29, 1.82) is 0 Å². The Hall–Kier alpha value is -2.82. The van der Waals surface area contributed by atoms with Gasteiger partial charge in [0.25, 0.3) is 0 Å². The fourth-order valence-electron chi connectivity index (χ4n) is 3.46. The fraction of sp³-hybridized carbons (Fsp3) is 0.417. The van der Waals surface area contributed by atoms with Gasteiger partial charge in [0.2, 0.25) is 5.91 Å². The van der Waals surface area contributed by atoms with E-state index in [1.165, 1.54) is 11.1 Å². The Morgan fingerprint density at radius 2 is 1.83 bits per heavy atom. The highest BCUT2D eigenvalue weighted by atomic mass is 16.5. The average Bonchev–Trinajstić information content (AvgIpc) is 3.02. The molecular formula is C24H31N3O2. The number of rotatable bonds is 9. The van der Waals surface area contributed by atoms with Gasteiger partial charge in [-0.3, -0.25) is 4.79 Å². The summed E-state index contributed by atoms with van der Waals surface area (Å²) in [5.74, 6) is 1.85. The van der Waals surface area contributed by atoms with E-state index >= 15 is 0 Å². The standard InChI is InChI=1S/C24H31N3O2/c1-17(2)24(28)25-16-23-26-21-9-5-6-10-22(21)27(23)11-7-8-12-29-20-14-18(3)13-19(4)15-20/h5-6,9-10,13-15,17H,7-8,11-12,16H2,1-4H3,(H,25,28). The molecule has 0 spiro atoms. The largest absolute Gasteiger partial charge is 0.494 e. The number of unbranched alkanes of at least 4 members (excludes halogenated alkanes) is 1. The first-order chi connectivity index (χ1) is 13.9. The van der Waals surface area contributed by atoms with Crippen LogP contribution < -0.4 is 10.1 Å². The third kappa shape index (κ3) is 5.59. The summed E-state index contributed by atoms with van der Waals surface area (Å²) in [6.45, 7) is 9.96. The molecule has 0 radical (unpaired) electrons. The van der Waals surface area contributed by atoms with E-state index < -0.39 is 0 Å². The molecule has 0 aliphatic rings. The molecule has 154 valence electrons. The SMILES string of the molecule is Cc1cc(C)cc(OCCCCn2c(CNC(=O)C(C)C)nc3ccccc32)c1. The van der Waals surface area contributed by atoms with Crippen molar-refractivity contribution in [3.63, 3.8) is 0 Å². The Labute approximate surface area is 173 Å². The third-order valence-electron chi connectivity index (χ3n) is 4.92. The fourth-order valence-corrected chi connectivity index (χ4v) is 3.46. The monoisotopic (exact) mass is 393 g/mol. The van der Waals surface area contributed by atoms with Crippen molar-refractivity contribution >= 4 is 16.9 Å². The molecule has 1 aromatic heterocycles. The Morgan fingerprint density at radius 1 is 1.10 bits per heavy atom. The van der Waals surface area contributed by atoms with Gasteiger partial charge < -0.3 is 14.6 Å². The van der Waals surface area contributed by atoms with Crippen LogP contribution in [0.15, 0.2) is 42.5 Å². The van der Waals surface area contributed by atoms with Crippen molar-refractivity contribution in [2.24, 2.45) is 5.92 Å². The summed E-state index contributed by atoms with van der Waals surface area (Å²) in [5.41, 5.74) is 4.51. The predicted molar refractivity (Wildman–Crippen MR) is 117 cm³/mol. The molecule has 3 rings (SSSR count). The number of para-hydroxylation sites is 2. The highest BCUT2D eigenvalue weighted by molar-refractivity contribution is 5.78. The number of amides is 1. The number of aromatic nitrogens is 2. The molecule has 0 atom stereocenters. The van der Waals surface area contributed by atoms with E-state index in [2.05, 4.69) is 48.0 Å². The second-order valence-electron chi connectivity index (χ2n) is 7.92. The minimum absolute atomic E-state index is 0.0322. The van der Waals surface area contributed by atoms with Crippen molar-refractivity contribution < 1.29 is 9.53 Å². The molecule has 3 aromatic rings. The maximum absolute atomic E-state index is 12.0. The zero-order valence-corrected chi connectivity index (χ0v) is 17.9. The highest BCUT2D eigenvalue weighted by Gasteiger charge is 2.12. The lowest BCUT2D eigenvalue weighted by Gasteiger charge is -2.12. The second kappa shape index (κ2) is 9.59. The van der Waals surface area contributed by atoms with E-state index in [0.29, 0.717) is 13.2 Å². The number of benzene rings is 2. The van der Waals surface area contributed by atoms with E-state index in [4.69, 9.17) is 9.72 Å². The lowest BCUT2D eigenvalue weighted by atomic mass is 10.1. The van der Waals surface area contributed by atoms with Crippen LogP contribution in [-0.4, -0.2) is 22.1 Å². The van der Waals surface area contributed by atoms with Gasteiger partial charge in [0.1, 0.15) is 11.6 Å². The Kier molecular flexibility index (Phi) is 6.91. The maximum atomic E-state index is 12.0. The number of hydrogen-bond acceptors (Lipinski definition) is 3. The van der Waals surface area contributed by atoms with Crippen LogP contribution in [0.5, 0.6) is 5.75 Å². The molecule has 0 fully saturated rings. The Morgan fingerprint density at radius 3 is 2.55 bits per heavy atom. The Balaban J connectivity index is 1.59. The number of nitrogens with zero attached hydrogens (tertiary/aromatic N) is 2. The van der Waals surface area contributed by atoms with Crippen LogP contribution in [0, 0.1) is 19.8 Å². The van der Waals surface area contributed by atoms with Crippen LogP contribution in [0.3, 0.4) is 0 Å². The van der Waals surface area contributed by atoms with Crippen molar-refractivity contribution in [3.05, 3.63) is 59.4 Å². The van der Waals surface area contributed by atoms with Gasteiger partial charge in [-0.2, -0.15) is 0 Å². The molecule has 0 aliphatic carbocycles. The first kappa shape index (κ1) is 20.9. The molecule has 0 saturated heterocycles. The minimum Gasteiger partial charge on any atom is -0.494 e. The molecule has 5 heteroatoms. The third-order valence-corrected chi connectivity index (χ3v) is 4.92. The lowest BCUT2D eigenvalue weighted by molar-refractivity contribution is -0.124. The predicted octanol–water partition coefficient (Wildman–Crippen LogP) is 4.78. The molecule has 29 heavy (non-hydrogen) atoms. The first-order valence-corrected chi connectivity index (χ1v) is 10.4. The zero-order valence-electron chi connectivity index (χ0n) is 17.9. The summed E-state index contributed by atoms with van der Waals surface area (Å²) in [5, 5.41) is 2.99. The van der Waals surface area contributed by atoms with Gasteiger partial charge in [0.05, 0.1) is 24.2 Å². The number of aryl methyl sites for hydroxylation is 3. The number of hydrogen-bond donors (Lipinski definition) is 1. The smallest absolute Gasteiger partial charge is 0.222 e. The van der Waals surface area contributed by atoms with Gasteiger partial charge in [-0.05, 0) is 62.1 Å². The van der Waals surface area contributed by atoms with Crippen molar-refractivity contribution in [2.75, 3.05) is 6.61 Å². The van der Waals surface area contributed by atoms with Gasteiger partial charge in [-0.15, -0.1) is 0 Å². The van der Waals surface area contributed by atoms with Gasteiger partial charge >= 0.3 is 0 Å². The summed E-state index contributed by atoms with van der Waals surface area (Å²) in [7, 11) is 0. The summed E-state index contributed by atoms with van der Waals surface area (Å²) in [4.78, 5) is 16.7. The van der Waals surface area contributed by atoms with Crippen LogP contribution in [0.25, 0.3) is 11.0 Å². The first-order valence-electron chi connectivity index (χ1n) is 10.4. The molecule has 0 bridgehead atoms. The molecular weight excluding hydrogens is 362 g/mol. The molecule has 1 heterocycles. The average molecular weight is 394 g/mol. The summed E-state index contributed by atoms with van der Waals surface area (Å²) in [6, 6.07) is 14.4. The molecule has 0 aliphatic heterocycles. The molecule has 0 unspecified atom stereocenters. The number of carbonyl (C=O) groups excluding carboxylic acids is 1. The van der Waals surface area contributed by atoms with Crippen LogP contribution in [-0.2, 0) is 17.9 Å². The molecule has 5 nitrogen and oxygen atoms in total. The quantitative estimate of drug-likeness (QED) is 0.532. The van der Waals surface area contributed by atoms with Crippen LogP contribution in [0.4, 0.5) is 0 Å². The zero-order chi connectivity index (χ0) is 20.8. The minimum atomic E-state index is -0.0322. The van der Waals surface area contributed by atoms with Gasteiger partial charge in [0, 0.05) is 12.5 Å². The van der Waals surface area contributed by atoms with Crippen molar-refractivity contribution in [3.8, 4) is 5.75 Å². The molecule has 0 saturated carbocycles. The van der Waals surface area contributed by atoms with E-state index in [1.54, 1.807) is 0 Å². The van der Waals surface area contributed by atoms with Gasteiger partial charge in [-0.1, -0.05) is 32.0 Å². The van der Waals surface area contributed by atoms with Gasteiger partial charge in [-0.25, -0.2) is 4.98 Å². The summed E-state index contributed by atoms with van der Waals surface area (Å²) in [6.07, 6.45) is 1.94. The van der Waals surface area contributed by atoms with Crippen LogP contribution in [0.1, 0.15) is 43.6 Å². The number of ether oxygens (including phenoxy) is 1. The van der Waals surface area contributed by atoms with E-state index in [-0.39, 0.29) is 11.8 Å². The molecule has 2 aromatic carbocycles. The Bertz CT molecular complexity index is 955. The summed E-state index contributed by atoms with van der Waals surface area (Å²) < 4.78 is 8.14. The second-order valence-corrected chi connectivity index (χ2v) is 7.92. The maximum Gasteiger partial charge on any atom is 0.222 e. The molecule has 1 amide bonds. The number of carbonyl (C=O) groups is 1. The number of fused-ring (bicyclic) bond motifs is 1. The van der Waals surface area contributed by atoms with Crippen molar-refractivity contribution in [2.45, 2.75) is 53.6 Å². The normalized spacial score (nSPS) is 11.2.